The van der Waals surface area contributed by atoms with Gasteiger partial charge >= 0.3 is 0 Å². The monoisotopic (exact) mass is 104 g/mol. The molecule has 0 amide bonds. The van der Waals surface area contributed by atoms with Gasteiger partial charge in [0.1, 0.15) is 0 Å². The van der Waals surface area contributed by atoms with Gasteiger partial charge in [0, 0.05) is 0 Å². The van der Waals surface area contributed by atoms with Crippen LogP contribution in [0, 0.1) is 0 Å². The van der Waals surface area contributed by atoms with Crippen molar-refractivity contribution in [2.24, 2.45) is 0 Å². The minimum absolute atomic E-state index is 0.978. The molecule has 0 radical (unpaired) electrons. The second-order valence-corrected chi connectivity index (χ2v) is 1.63. The highest BCUT2D eigenvalue weighted by atomic mass is 32.1. The third-order valence-electron chi connectivity index (χ3n) is 0.705. The Bertz CT molecular complexity index is 26.7. The lowest BCUT2D eigenvalue weighted by molar-refractivity contribution is 0.529. The van der Waals surface area contributed by atoms with E-state index in [1.807, 2.05) is 4.31 Å². The molecular weight excluding hydrogens is 94.1 g/mol. The molecule has 0 aromatic carbocycles. The summed E-state index contributed by atoms with van der Waals surface area (Å²) in [4.78, 5) is 0. The zero-order valence-corrected chi connectivity index (χ0v) is 5.09. The molecule has 0 bridgehead atoms. The fourth-order valence-electron chi connectivity index (χ4n) is 0.224. The Balaban J connectivity index is 2.75. The van der Waals surface area contributed by atoms with E-state index in [9.17, 15) is 0 Å². The quantitative estimate of drug-likeness (QED) is 0.476. The molecule has 0 saturated carbocycles. The SMILES string of the molecule is CCN([S-])CC. The van der Waals surface area contributed by atoms with Gasteiger partial charge < -0.3 is 17.1 Å². The second kappa shape index (κ2) is 3.50. The Kier molecular flexibility index (Phi) is 3.68. The van der Waals surface area contributed by atoms with E-state index < -0.39 is 0 Å². The first-order valence-corrected chi connectivity index (χ1v) is 2.59. The predicted molar refractivity (Wildman–Crippen MR) is 30.3 cm³/mol. The van der Waals surface area contributed by atoms with E-state index in [4.69, 9.17) is 12.8 Å². The van der Waals surface area contributed by atoms with E-state index in [2.05, 4.69) is 13.8 Å². The standard InChI is InChI=1S/C4H10NS/c1-3-5(6)4-2/h3-4H2,1-2H3/q-1. The molecule has 0 N–H and O–H groups in total. The van der Waals surface area contributed by atoms with Crippen LogP contribution in [0.3, 0.4) is 0 Å². The van der Waals surface area contributed by atoms with Crippen molar-refractivity contribution in [2.75, 3.05) is 13.1 Å². The van der Waals surface area contributed by atoms with Gasteiger partial charge in [-0.05, 0) is 13.1 Å². The van der Waals surface area contributed by atoms with Gasteiger partial charge in [-0.3, -0.25) is 0 Å². The minimum Gasteiger partial charge on any atom is -0.702 e. The number of hydrogen-bond donors (Lipinski definition) is 0. The van der Waals surface area contributed by atoms with Crippen LogP contribution in [0.4, 0.5) is 0 Å². The summed E-state index contributed by atoms with van der Waals surface area (Å²) in [5.41, 5.74) is 0. The largest absolute Gasteiger partial charge is 0.702 e. The predicted octanol–water partition coefficient (Wildman–Crippen LogP) is 0.790. The summed E-state index contributed by atoms with van der Waals surface area (Å²) in [6, 6.07) is 0. The van der Waals surface area contributed by atoms with Crippen LogP contribution in [0.25, 0.3) is 0 Å². The van der Waals surface area contributed by atoms with E-state index in [0.29, 0.717) is 0 Å². The normalized spacial score (nSPS) is 10.0. The maximum Gasteiger partial charge on any atom is -0.0269 e. The second-order valence-electron chi connectivity index (χ2n) is 1.11. The van der Waals surface area contributed by atoms with E-state index in [1.165, 1.54) is 0 Å². The summed E-state index contributed by atoms with van der Waals surface area (Å²) in [5, 5.41) is 0. The van der Waals surface area contributed by atoms with E-state index in [0.717, 1.165) is 13.1 Å². The first kappa shape index (κ1) is 6.31. The van der Waals surface area contributed by atoms with Crippen molar-refractivity contribution < 1.29 is 0 Å². The number of nitrogens with zero attached hydrogens (tertiary/aromatic N) is 1. The van der Waals surface area contributed by atoms with E-state index in [-0.39, 0.29) is 0 Å². The average molecular weight is 104 g/mol. The van der Waals surface area contributed by atoms with Crippen molar-refractivity contribution in [3.63, 3.8) is 0 Å². The summed E-state index contributed by atoms with van der Waals surface area (Å²) in [5.74, 6) is 0. The van der Waals surface area contributed by atoms with Crippen molar-refractivity contribution in [3.8, 4) is 0 Å². The van der Waals surface area contributed by atoms with Crippen LogP contribution in [-0.2, 0) is 12.8 Å². The first-order chi connectivity index (χ1) is 2.81. The van der Waals surface area contributed by atoms with Crippen LogP contribution < -0.4 is 0 Å². The Morgan fingerprint density at radius 1 is 1.33 bits per heavy atom. The zero-order valence-electron chi connectivity index (χ0n) is 4.27. The third kappa shape index (κ3) is 2.54. The molecule has 1 nitrogen and oxygen atoms in total. The molecule has 0 spiro atoms. The average Bonchev–Trinajstić information content (AvgIpc) is 1.65. The molecular formula is C4H10NS-. The summed E-state index contributed by atoms with van der Waals surface area (Å²) >= 11 is 4.77. The molecule has 2 heteroatoms. The minimum atomic E-state index is 0.978. The van der Waals surface area contributed by atoms with Gasteiger partial charge in [-0.25, -0.2) is 0 Å². The molecule has 6 heavy (non-hydrogen) atoms. The fraction of sp³-hybridized carbons (Fsp3) is 1.00. The molecule has 0 atom stereocenters. The van der Waals surface area contributed by atoms with Crippen molar-refractivity contribution in [3.05, 3.63) is 0 Å². The lowest BCUT2D eigenvalue weighted by Gasteiger charge is -2.24. The van der Waals surface area contributed by atoms with Crippen LogP contribution in [0.5, 0.6) is 0 Å². The Morgan fingerprint density at radius 3 is 1.67 bits per heavy atom. The lowest BCUT2D eigenvalue weighted by Crippen LogP contribution is -2.13. The molecule has 0 fully saturated rings. The smallest absolute Gasteiger partial charge is 0.0269 e. The molecule has 38 valence electrons. The van der Waals surface area contributed by atoms with E-state index >= 15 is 0 Å². The van der Waals surface area contributed by atoms with Crippen LogP contribution in [0.1, 0.15) is 13.8 Å². The van der Waals surface area contributed by atoms with E-state index in [1.54, 1.807) is 0 Å². The third-order valence-corrected chi connectivity index (χ3v) is 1.22. The first-order valence-electron chi connectivity index (χ1n) is 2.23. The Hall–Kier alpha value is 0.310. The van der Waals surface area contributed by atoms with Gasteiger partial charge in [0.05, 0.1) is 0 Å². The van der Waals surface area contributed by atoms with Gasteiger partial charge in [-0.15, -0.1) is 0 Å². The van der Waals surface area contributed by atoms with Crippen molar-refractivity contribution in [1.29, 1.82) is 0 Å². The molecule has 0 rings (SSSR count). The number of rotatable bonds is 2. The summed E-state index contributed by atoms with van der Waals surface area (Å²) in [6.45, 7) is 6.06. The summed E-state index contributed by atoms with van der Waals surface area (Å²) < 4.78 is 1.83. The van der Waals surface area contributed by atoms with Crippen LogP contribution in [0.15, 0.2) is 0 Å². The van der Waals surface area contributed by atoms with Crippen molar-refractivity contribution in [1.82, 2.24) is 4.31 Å². The highest BCUT2D eigenvalue weighted by molar-refractivity contribution is 7.55. The molecule has 0 aromatic rings. The van der Waals surface area contributed by atoms with Gasteiger partial charge in [0.2, 0.25) is 0 Å². The molecule has 0 aliphatic heterocycles. The molecule has 0 heterocycles. The summed E-state index contributed by atoms with van der Waals surface area (Å²) in [6.07, 6.45) is 0. The van der Waals surface area contributed by atoms with Crippen molar-refractivity contribution in [2.45, 2.75) is 13.8 Å². The number of hydrogen-bond acceptors (Lipinski definition) is 2. The fourth-order valence-corrected chi connectivity index (χ4v) is 0.224. The van der Waals surface area contributed by atoms with Crippen LogP contribution >= 0.6 is 0 Å². The highest BCUT2D eigenvalue weighted by Crippen LogP contribution is 1.75. The lowest BCUT2D eigenvalue weighted by atomic mass is 10.7. The van der Waals surface area contributed by atoms with Gasteiger partial charge in [-0.2, -0.15) is 0 Å². The molecule has 0 unspecified atom stereocenters. The molecule has 0 saturated heterocycles. The van der Waals surface area contributed by atoms with Gasteiger partial charge in [0.25, 0.3) is 0 Å². The topological polar surface area (TPSA) is 3.24 Å². The maximum absolute atomic E-state index is 4.77. The molecule has 0 aliphatic rings. The van der Waals surface area contributed by atoms with Crippen LogP contribution in [-0.4, -0.2) is 17.4 Å². The van der Waals surface area contributed by atoms with Crippen LogP contribution in [0.2, 0.25) is 0 Å². The van der Waals surface area contributed by atoms with Gasteiger partial charge in [0.15, 0.2) is 0 Å². The Labute approximate surface area is 44.9 Å². The Morgan fingerprint density at radius 2 is 1.67 bits per heavy atom. The zero-order chi connectivity index (χ0) is 4.99. The van der Waals surface area contributed by atoms with Crippen molar-refractivity contribution >= 4 is 12.8 Å². The maximum atomic E-state index is 4.77. The molecule has 0 aliphatic carbocycles. The summed E-state index contributed by atoms with van der Waals surface area (Å²) in [7, 11) is 0. The highest BCUT2D eigenvalue weighted by Gasteiger charge is 1.70. The molecule has 0 aromatic heterocycles. The van der Waals surface area contributed by atoms with Gasteiger partial charge in [-0.1, -0.05) is 13.8 Å².